The summed E-state index contributed by atoms with van der Waals surface area (Å²) in [5.41, 5.74) is 1.46. The first-order valence-corrected chi connectivity index (χ1v) is 6.98. The first kappa shape index (κ1) is 17.2. The van der Waals surface area contributed by atoms with Crippen LogP contribution < -0.4 is 0 Å². The number of rotatable bonds is 8. The maximum atomic E-state index is 11.4. The van der Waals surface area contributed by atoms with Crippen LogP contribution in [0, 0.1) is 0 Å². The topological polar surface area (TPSA) is 72.8 Å². The van der Waals surface area contributed by atoms with E-state index in [1.807, 2.05) is 12.1 Å². The van der Waals surface area contributed by atoms with Crippen molar-refractivity contribution in [3.63, 3.8) is 0 Å². The molecule has 116 valence electrons. The fourth-order valence-electron chi connectivity index (χ4n) is 2.13. The van der Waals surface area contributed by atoms with Crippen LogP contribution in [-0.2, 0) is 14.3 Å². The molecule has 1 aromatic rings. The molecule has 0 aliphatic heterocycles. The molecule has 0 saturated heterocycles. The minimum absolute atomic E-state index is 0.00865. The van der Waals surface area contributed by atoms with Gasteiger partial charge in [0.15, 0.2) is 0 Å². The van der Waals surface area contributed by atoms with E-state index in [2.05, 4.69) is 9.47 Å². The summed E-state index contributed by atoms with van der Waals surface area (Å²) in [4.78, 5) is 22.4. The van der Waals surface area contributed by atoms with E-state index in [9.17, 15) is 14.7 Å². The average Bonchev–Trinajstić information content (AvgIpc) is 2.54. The van der Waals surface area contributed by atoms with E-state index in [1.165, 1.54) is 14.2 Å². The van der Waals surface area contributed by atoms with Crippen molar-refractivity contribution < 1.29 is 24.2 Å². The van der Waals surface area contributed by atoms with Gasteiger partial charge in [-0.1, -0.05) is 18.6 Å². The Morgan fingerprint density at radius 3 is 2.29 bits per heavy atom. The van der Waals surface area contributed by atoms with Gasteiger partial charge in [0.05, 0.1) is 19.8 Å². The maximum Gasteiger partial charge on any atom is 0.337 e. The molecule has 1 rings (SSSR count). The molecule has 5 heteroatoms. The molecule has 21 heavy (non-hydrogen) atoms. The lowest BCUT2D eigenvalue weighted by Crippen LogP contribution is -2.07. The smallest absolute Gasteiger partial charge is 0.337 e. The van der Waals surface area contributed by atoms with Crippen molar-refractivity contribution >= 4 is 11.9 Å². The second-order valence-electron chi connectivity index (χ2n) is 4.82. The molecule has 0 aliphatic rings. The van der Waals surface area contributed by atoms with Gasteiger partial charge in [-0.05, 0) is 30.5 Å². The Balaban J connectivity index is 2.52. The predicted octanol–water partition coefficient (Wildman–Crippen LogP) is 2.28. The van der Waals surface area contributed by atoms with Crippen LogP contribution in [0.4, 0.5) is 0 Å². The van der Waals surface area contributed by atoms with Crippen molar-refractivity contribution in [2.75, 3.05) is 20.8 Å². The van der Waals surface area contributed by atoms with Crippen LogP contribution in [-0.4, -0.2) is 37.9 Å². The van der Waals surface area contributed by atoms with E-state index in [0.29, 0.717) is 12.0 Å². The number of hydrogen-bond acceptors (Lipinski definition) is 5. The molecule has 5 nitrogen and oxygen atoms in total. The predicted molar refractivity (Wildman–Crippen MR) is 78.1 cm³/mol. The van der Waals surface area contributed by atoms with Crippen molar-refractivity contribution in [1.82, 2.24) is 0 Å². The standard InChI is InChI=1S/C16H22O5/c1-20-15(18)6-4-3-5-14(11-17)12-7-9-13(10-8-12)16(19)21-2/h7-10,14,17H,3-6,11H2,1-2H3. The summed E-state index contributed by atoms with van der Waals surface area (Å²) in [5.74, 6) is -0.576. The highest BCUT2D eigenvalue weighted by Gasteiger charge is 2.12. The van der Waals surface area contributed by atoms with Gasteiger partial charge in [0.1, 0.15) is 0 Å². The number of aliphatic hydroxyl groups is 1. The molecule has 1 unspecified atom stereocenters. The minimum Gasteiger partial charge on any atom is -0.469 e. The van der Waals surface area contributed by atoms with Gasteiger partial charge >= 0.3 is 11.9 Å². The molecule has 0 heterocycles. The van der Waals surface area contributed by atoms with Crippen LogP contribution in [0.15, 0.2) is 24.3 Å². The molecule has 0 bridgehead atoms. The molecule has 1 atom stereocenters. The molecule has 1 aromatic carbocycles. The van der Waals surface area contributed by atoms with E-state index in [1.54, 1.807) is 12.1 Å². The molecule has 0 saturated carbocycles. The number of carbonyl (C=O) groups excluding carboxylic acids is 2. The highest BCUT2D eigenvalue weighted by atomic mass is 16.5. The van der Waals surface area contributed by atoms with Crippen LogP contribution in [0.25, 0.3) is 0 Å². The zero-order valence-electron chi connectivity index (χ0n) is 12.5. The normalized spacial score (nSPS) is 11.8. The highest BCUT2D eigenvalue weighted by molar-refractivity contribution is 5.89. The molecular formula is C16H22O5. The van der Waals surface area contributed by atoms with Crippen LogP contribution in [0.1, 0.15) is 47.5 Å². The molecule has 0 fully saturated rings. The summed E-state index contributed by atoms with van der Waals surface area (Å²) >= 11 is 0. The summed E-state index contributed by atoms with van der Waals surface area (Å²) in [7, 11) is 2.72. The van der Waals surface area contributed by atoms with E-state index in [0.717, 1.165) is 24.8 Å². The number of ether oxygens (including phenoxy) is 2. The fraction of sp³-hybridized carbons (Fsp3) is 0.500. The second-order valence-corrected chi connectivity index (χ2v) is 4.82. The van der Waals surface area contributed by atoms with Gasteiger partial charge < -0.3 is 14.6 Å². The van der Waals surface area contributed by atoms with Crippen LogP contribution >= 0.6 is 0 Å². The molecular weight excluding hydrogens is 272 g/mol. The fourth-order valence-corrected chi connectivity index (χ4v) is 2.13. The van der Waals surface area contributed by atoms with Gasteiger partial charge in [-0.2, -0.15) is 0 Å². The van der Waals surface area contributed by atoms with Crippen molar-refractivity contribution in [3.05, 3.63) is 35.4 Å². The summed E-state index contributed by atoms with van der Waals surface area (Å²) < 4.78 is 9.23. The van der Waals surface area contributed by atoms with Crippen LogP contribution in [0.2, 0.25) is 0 Å². The lowest BCUT2D eigenvalue weighted by molar-refractivity contribution is -0.140. The van der Waals surface area contributed by atoms with Gasteiger partial charge in [0, 0.05) is 18.9 Å². The molecule has 0 amide bonds. The summed E-state index contributed by atoms with van der Waals surface area (Å²) in [6.45, 7) is 0.0375. The minimum atomic E-state index is -0.375. The van der Waals surface area contributed by atoms with Gasteiger partial charge in [-0.15, -0.1) is 0 Å². The quantitative estimate of drug-likeness (QED) is 0.588. The summed E-state index contributed by atoms with van der Waals surface area (Å²) in [6, 6.07) is 7.04. The Labute approximate surface area is 124 Å². The van der Waals surface area contributed by atoms with E-state index < -0.39 is 0 Å². The number of aliphatic hydroxyl groups excluding tert-OH is 1. The third-order valence-electron chi connectivity index (χ3n) is 3.43. The third-order valence-corrected chi connectivity index (χ3v) is 3.43. The van der Waals surface area contributed by atoms with Crippen LogP contribution in [0.5, 0.6) is 0 Å². The second kappa shape index (κ2) is 9.13. The van der Waals surface area contributed by atoms with Gasteiger partial charge in [-0.25, -0.2) is 4.79 Å². The first-order valence-electron chi connectivity index (χ1n) is 6.98. The molecule has 0 aliphatic carbocycles. The largest absolute Gasteiger partial charge is 0.469 e. The van der Waals surface area contributed by atoms with Crippen molar-refractivity contribution in [1.29, 1.82) is 0 Å². The highest BCUT2D eigenvalue weighted by Crippen LogP contribution is 2.22. The summed E-state index contributed by atoms with van der Waals surface area (Å²) in [6.07, 6.45) is 2.75. The van der Waals surface area contributed by atoms with Crippen molar-refractivity contribution in [2.45, 2.75) is 31.6 Å². The SMILES string of the molecule is COC(=O)CCCCC(CO)c1ccc(C(=O)OC)cc1. The maximum absolute atomic E-state index is 11.4. The Morgan fingerprint density at radius 2 is 1.76 bits per heavy atom. The number of esters is 2. The Hall–Kier alpha value is -1.88. The first-order chi connectivity index (χ1) is 10.1. The van der Waals surface area contributed by atoms with Crippen molar-refractivity contribution in [3.8, 4) is 0 Å². The van der Waals surface area contributed by atoms with Crippen LogP contribution in [0.3, 0.4) is 0 Å². The van der Waals surface area contributed by atoms with Crippen molar-refractivity contribution in [2.24, 2.45) is 0 Å². The molecule has 1 N–H and O–H groups in total. The monoisotopic (exact) mass is 294 g/mol. The summed E-state index contributed by atoms with van der Waals surface area (Å²) in [5, 5.41) is 9.48. The van der Waals surface area contributed by atoms with Gasteiger partial charge in [0.2, 0.25) is 0 Å². The molecule has 0 spiro atoms. The zero-order valence-corrected chi connectivity index (χ0v) is 12.5. The average molecular weight is 294 g/mol. The zero-order chi connectivity index (χ0) is 15.7. The van der Waals surface area contributed by atoms with Gasteiger partial charge in [-0.3, -0.25) is 4.79 Å². The Kier molecular flexibility index (Phi) is 7.46. The number of methoxy groups -OCH3 is 2. The van der Waals surface area contributed by atoms with E-state index >= 15 is 0 Å². The number of hydrogen-bond donors (Lipinski definition) is 1. The van der Waals surface area contributed by atoms with E-state index in [-0.39, 0.29) is 24.5 Å². The Bertz CT molecular complexity index is 452. The Morgan fingerprint density at radius 1 is 1.10 bits per heavy atom. The van der Waals surface area contributed by atoms with E-state index in [4.69, 9.17) is 0 Å². The third kappa shape index (κ3) is 5.55. The number of carbonyl (C=O) groups is 2. The van der Waals surface area contributed by atoms with Gasteiger partial charge in [0.25, 0.3) is 0 Å². The lowest BCUT2D eigenvalue weighted by atomic mass is 9.93. The number of benzene rings is 1. The number of unbranched alkanes of at least 4 members (excludes halogenated alkanes) is 1. The lowest BCUT2D eigenvalue weighted by Gasteiger charge is -2.14. The molecule has 0 radical (unpaired) electrons. The molecule has 0 aromatic heterocycles.